The Morgan fingerprint density at radius 3 is 3.00 bits per heavy atom. The number of rotatable bonds is 3. The van der Waals surface area contributed by atoms with E-state index < -0.39 is 12.0 Å². The number of aromatic nitrogens is 1. The van der Waals surface area contributed by atoms with Crippen molar-refractivity contribution in [1.29, 1.82) is 0 Å². The zero-order chi connectivity index (χ0) is 9.84. The van der Waals surface area contributed by atoms with Gasteiger partial charge in [0.1, 0.15) is 6.04 Å². The lowest BCUT2D eigenvalue weighted by molar-refractivity contribution is -0.138. The largest absolute Gasteiger partial charge is 0.480 e. The molecule has 0 aromatic carbocycles. The Balaban J connectivity index is 2.69. The van der Waals surface area contributed by atoms with E-state index in [-0.39, 0.29) is 6.42 Å². The van der Waals surface area contributed by atoms with Crippen molar-refractivity contribution in [2.75, 3.05) is 0 Å². The molecule has 0 aliphatic carbocycles. The molecule has 0 saturated carbocycles. The average molecular weight is 245 g/mol. The van der Waals surface area contributed by atoms with Gasteiger partial charge in [-0.25, -0.2) is 0 Å². The van der Waals surface area contributed by atoms with Crippen LogP contribution in [-0.2, 0) is 11.2 Å². The average Bonchev–Trinajstić information content (AvgIpc) is 2.04. The molecule has 0 saturated heterocycles. The molecule has 5 heteroatoms. The van der Waals surface area contributed by atoms with Crippen LogP contribution < -0.4 is 5.73 Å². The molecule has 1 rings (SSSR count). The first-order valence-corrected chi connectivity index (χ1v) is 4.47. The van der Waals surface area contributed by atoms with Crippen molar-refractivity contribution >= 4 is 21.9 Å². The van der Waals surface area contributed by atoms with Gasteiger partial charge in [0.15, 0.2) is 0 Å². The molecule has 1 heterocycles. The normalized spacial score (nSPS) is 12.5. The topological polar surface area (TPSA) is 76.2 Å². The molecule has 0 bridgehead atoms. The molecule has 13 heavy (non-hydrogen) atoms. The number of carboxylic acid groups (broad SMARTS) is 1. The minimum absolute atomic E-state index is 0.245. The molecule has 3 N–H and O–H groups in total. The second kappa shape index (κ2) is 4.34. The summed E-state index contributed by atoms with van der Waals surface area (Å²) >= 11 is 3.26. The van der Waals surface area contributed by atoms with Crippen molar-refractivity contribution in [1.82, 2.24) is 4.98 Å². The van der Waals surface area contributed by atoms with Gasteiger partial charge in [-0.2, -0.15) is 0 Å². The third kappa shape index (κ3) is 3.12. The highest BCUT2D eigenvalue weighted by Crippen LogP contribution is 2.10. The van der Waals surface area contributed by atoms with Crippen LogP contribution in [0.2, 0.25) is 0 Å². The standard InChI is InChI=1S/C8H9BrN2O2/c9-5-1-2-11-6(3-5)4-7(10)8(12)13/h1-3,7H,4,10H2,(H,12,13)/t7-/m0/s1. The molecular weight excluding hydrogens is 236 g/mol. The van der Waals surface area contributed by atoms with Crippen molar-refractivity contribution in [3.8, 4) is 0 Å². The number of hydrogen-bond donors (Lipinski definition) is 2. The van der Waals surface area contributed by atoms with Gasteiger partial charge >= 0.3 is 5.97 Å². The van der Waals surface area contributed by atoms with Crippen LogP contribution in [-0.4, -0.2) is 22.1 Å². The number of hydrogen-bond acceptors (Lipinski definition) is 3. The fourth-order valence-electron chi connectivity index (χ4n) is 0.873. The summed E-state index contributed by atoms with van der Waals surface area (Å²) < 4.78 is 0.870. The fourth-order valence-corrected chi connectivity index (χ4v) is 1.26. The SMILES string of the molecule is N[C@@H](Cc1cc(Br)ccn1)C(=O)O. The van der Waals surface area contributed by atoms with Gasteiger partial charge in [0.05, 0.1) is 0 Å². The van der Waals surface area contributed by atoms with Crippen LogP contribution in [0.3, 0.4) is 0 Å². The number of aliphatic carboxylic acids is 1. The molecule has 0 radical (unpaired) electrons. The Labute approximate surface area is 83.9 Å². The number of nitrogens with zero attached hydrogens (tertiary/aromatic N) is 1. The summed E-state index contributed by atoms with van der Waals surface area (Å²) in [5.74, 6) is -1.01. The minimum atomic E-state index is -1.01. The third-order valence-electron chi connectivity index (χ3n) is 1.52. The maximum atomic E-state index is 10.4. The van der Waals surface area contributed by atoms with E-state index in [0.717, 1.165) is 4.47 Å². The monoisotopic (exact) mass is 244 g/mol. The van der Waals surface area contributed by atoms with Crippen LogP contribution in [0.25, 0.3) is 0 Å². The Hall–Kier alpha value is -0.940. The summed E-state index contributed by atoms with van der Waals surface area (Å²) in [6.07, 6.45) is 1.85. The van der Waals surface area contributed by atoms with Gasteiger partial charge in [-0.15, -0.1) is 0 Å². The molecule has 70 valence electrons. The van der Waals surface area contributed by atoms with E-state index in [4.69, 9.17) is 10.8 Å². The Morgan fingerprint density at radius 1 is 1.77 bits per heavy atom. The number of pyridine rings is 1. The van der Waals surface area contributed by atoms with Crippen LogP contribution in [0.5, 0.6) is 0 Å². The van der Waals surface area contributed by atoms with Gasteiger partial charge in [-0.1, -0.05) is 15.9 Å². The van der Waals surface area contributed by atoms with Crippen molar-refractivity contribution < 1.29 is 9.90 Å². The predicted octanol–water partition coefficient (Wildman–Crippen LogP) is 0.798. The molecule has 4 nitrogen and oxygen atoms in total. The summed E-state index contributed by atoms with van der Waals surface area (Å²) in [6.45, 7) is 0. The summed E-state index contributed by atoms with van der Waals surface area (Å²) in [5, 5.41) is 8.55. The Morgan fingerprint density at radius 2 is 2.46 bits per heavy atom. The zero-order valence-corrected chi connectivity index (χ0v) is 8.36. The highest BCUT2D eigenvalue weighted by molar-refractivity contribution is 9.10. The first-order chi connectivity index (χ1) is 6.09. The van der Waals surface area contributed by atoms with Gasteiger partial charge in [0.2, 0.25) is 0 Å². The number of carbonyl (C=O) groups is 1. The molecule has 1 aromatic heterocycles. The first kappa shape index (κ1) is 10.1. The predicted molar refractivity (Wildman–Crippen MR) is 51.3 cm³/mol. The van der Waals surface area contributed by atoms with Crippen LogP contribution >= 0.6 is 15.9 Å². The number of nitrogens with two attached hydrogens (primary N) is 1. The van der Waals surface area contributed by atoms with Crippen molar-refractivity contribution in [3.63, 3.8) is 0 Å². The molecular formula is C8H9BrN2O2. The first-order valence-electron chi connectivity index (χ1n) is 3.68. The Kier molecular flexibility index (Phi) is 3.39. The number of carboxylic acids is 1. The summed E-state index contributed by atoms with van der Waals surface area (Å²) in [5.41, 5.74) is 6.01. The quantitative estimate of drug-likeness (QED) is 0.825. The van der Waals surface area contributed by atoms with E-state index in [1.54, 1.807) is 18.3 Å². The highest BCUT2D eigenvalue weighted by atomic mass is 79.9. The molecule has 0 spiro atoms. The summed E-state index contributed by atoms with van der Waals surface area (Å²) in [7, 11) is 0. The van der Waals surface area contributed by atoms with E-state index in [1.165, 1.54) is 0 Å². The Bertz CT molecular complexity index is 317. The van der Waals surface area contributed by atoms with E-state index in [2.05, 4.69) is 20.9 Å². The maximum Gasteiger partial charge on any atom is 0.320 e. The molecule has 0 aliphatic rings. The number of halogens is 1. The maximum absolute atomic E-state index is 10.4. The van der Waals surface area contributed by atoms with Crippen molar-refractivity contribution in [2.45, 2.75) is 12.5 Å². The zero-order valence-electron chi connectivity index (χ0n) is 6.77. The molecule has 0 amide bonds. The lowest BCUT2D eigenvalue weighted by atomic mass is 10.1. The van der Waals surface area contributed by atoms with Crippen LogP contribution in [0.1, 0.15) is 5.69 Å². The molecule has 0 unspecified atom stereocenters. The second-order valence-corrected chi connectivity index (χ2v) is 3.53. The second-order valence-electron chi connectivity index (χ2n) is 2.61. The summed E-state index contributed by atoms with van der Waals surface area (Å²) in [6, 6.07) is 2.64. The van der Waals surface area contributed by atoms with E-state index in [0.29, 0.717) is 5.69 Å². The fraction of sp³-hybridized carbons (Fsp3) is 0.250. The molecule has 0 aliphatic heterocycles. The van der Waals surface area contributed by atoms with Gasteiger partial charge < -0.3 is 10.8 Å². The lowest BCUT2D eigenvalue weighted by Crippen LogP contribution is -2.32. The van der Waals surface area contributed by atoms with Gasteiger partial charge in [-0.05, 0) is 12.1 Å². The van der Waals surface area contributed by atoms with E-state index in [1.807, 2.05) is 0 Å². The van der Waals surface area contributed by atoms with Crippen LogP contribution in [0.15, 0.2) is 22.8 Å². The van der Waals surface area contributed by atoms with Crippen molar-refractivity contribution in [3.05, 3.63) is 28.5 Å². The van der Waals surface area contributed by atoms with Gasteiger partial charge in [0.25, 0.3) is 0 Å². The van der Waals surface area contributed by atoms with E-state index in [9.17, 15) is 4.79 Å². The lowest BCUT2D eigenvalue weighted by Gasteiger charge is -2.05. The van der Waals surface area contributed by atoms with Gasteiger partial charge in [-0.3, -0.25) is 9.78 Å². The molecule has 1 atom stereocenters. The third-order valence-corrected chi connectivity index (χ3v) is 2.02. The smallest absolute Gasteiger partial charge is 0.320 e. The van der Waals surface area contributed by atoms with E-state index >= 15 is 0 Å². The summed E-state index contributed by atoms with van der Waals surface area (Å²) in [4.78, 5) is 14.4. The van der Waals surface area contributed by atoms with Crippen molar-refractivity contribution in [2.24, 2.45) is 5.73 Å². The minimum Gasteiger partial charge on any atom is -0.480 e. The molecule has 1 aromatic rings. The van der Waals surface area contributed by atoms with Crippen LogP contribution in [0, 0.1) is 0 Å². The highest BCUT2D eigenvalue weighted by Gasteiger charge is 2.12. The van der Waals surface area contributed by atoms with Gasteiger partial charge in [0, 0.05) is 22.8 Å². The molecule has 0 fully saturated rings. The van der Waals surface area contributed by atoms with Crippen LogP contribution in [0.4, 0.5) is 0 Å².